The quantitative estimate of drug-likeness (QED) is 0.475. The molecule has 144 valence electrons. The van der Waals surface area contributed by atoms with E-state index in [-0.39, 0.29) is 17.6 Å². The second-order valence-electron chi connectivity index (χ2n) is 5.90. The highest BCUT2D eigenvalue weighted by Gasteiger charge is 2.27. The minimum atomic E-state index is -2.86. The first-order chi connectivity index (χ1) is 12.5. The van der Waals surface area contributed by atoms with Crippen molar-refractivity contribution >= 4 is 11.9 Å². The molecular weight excluding hydrogens is 344 g/mol. The molecule has 1 heterocycles. The van der Waals surface area contributed by atoms with Crippen molar-refractivity contribution in [2.24, 2.45) is 10.9 Å². The van der Waals surface area contributed by atoms with E-state index in [1.54, 1.807) is 32.2 Å². The predicted octanol–water partition coefficient (Wildman–Crippen LogP) is 2.64. The second-order valence-corrected chi connectivity index (χ2v) is 5.90. The number of hydrogen-bond acceptors (Lipinski definition) is 4. The molecule has 1 saturated heterocycles. The molecule has 0 unspecified atom stereocenters. The molecule has 0 amide bonds. The number of aliphatic imine (C=N–C) groups is 1. The van der Waals surface area contributed by atoms with Crippen molar-refractivity contribution in [1.29, 1.82) is 0 Å². The number of alkyl halides is 2. The zero-order valence-corrected chi connectivity index (χ0v) is 15.1. The number of guanidine groups is 1. The number of carbonyl (C=O) groups excluding carboxylic acids is 1. The fourth-order valence-electron chi connectivity index (χ4n) is 2.95. The molecule has 26 heavy (non-hydrogen) atoms. The maximum atomic E-state index is 12.5. The Hall–Kier alpha value is -2.38. The smallest absolute Gasteiger partial charge is 0.387 e. The minimum absolute atomic E-state index is 0.0792. The van der Waals surface area contributed by atoms with Crippen molar-refractivity contribution in [3.05, 3.63) is 29.8 Å². The number of piperidine rings is 1. The summed E-state index contributed by atoms with van der Waals surface area (Å²) in [5, 5.41) is 3.17. The summed E-state index contributed by atoms with van der Waals surface area (Å²) in [5.74, 6) is 0.586. The molecule has 0 aliphatic carbocycles. The molecule has 0 atom stereocenters. The minimum Gasteiger partial charge on any atom is -0.466 e. The molecule has 0 spiro atoms. The lowest BCUT2D eigenvalue weighted by Crippen LogP contribution is -2.46. The summed E-state index contributed by atoms with van der Waals surface area (Å²) in [6, 6.07) is 6.65. The number of benzene rings is 1. The summed E-state index contributed by atoms with van der Waals surface area (Å²) in [4.78, 5) is 18.1. The molecule has 1 fully saturated rings. The highest BCUT2D eigenvalue weighted by Crippen LogP contribution is 2.21. The number of ether oxygens (including phenoxy) is 2. The van der Waals surface area contributed by atoms with Crippen molar-refractivity contribution in [2.45, 2.75) is 32.9 Å². The van der Waals surface area contributed by atoms with E-state index in [0.29, 0.717) is 50.6 Å². The third-order valence-corrected chi connectivity index (χ3v) is 4.25. The van der Waals surface area contributed by atoms with Crippen LogP contribution in [0.4, 0.5) is 8.78 Å². The number of para-hydroxylation sites is 1. The zero-order valence-electron chi connectivity index (χ0n) is 15.1. The van der Waals surface area contributed by atoms with Gasteiger partial charge in [-0.2, -0.15) is 8.78 Å². The maximum Gasteiger partial charge on any atom is 0.387 e. The first-order valence-corrected chi connectivity index (χ1v) is 8.70. The summed E-state index contributed by atoms with van der Waals surface area (Å²) in [5.41, 5.74) is 0.621. The molecule has 1 aromatic carbocycles. The van der Waals surface area contributed by atoms with Crippen molar-refractivity contribution in [3.8, 4) is 5.75 Å². The third kappa shape index (κ3) is 5.57. The zero-order chi connectivity index (χ0) is 18.9. The van der Waals surface area contributed by atoms with Gasteiger partial charge in [-0.1, -0.05) is 18.2 Å². The van der Waals surface area contributed by atoms with Crippen molar-refractivity contribution in [3.63, 3.8) is 0 Å². The van der Waals surface area contributed by atoms with Gasteiger partial charge in [-0.3, -0.25) is 9.79 Å². The molecule has 8 heteroatoms. The molecule has 1 aliphatic rings. The van der Waals surface area contributed by atoms with Crippen LogP contribution in [0, 0.1) is 5.92 Å². The van der Waals surface area contributed by atoms with Gasteiger partial charge in [0, 0.05) is 32.2 Å². The summed E-state index contributed by atoms with van der Waals surface area (Å²) in [6.07, 6.45) is 1.40. The molecule has 0 bridgehead atoms. The van der Waals surface area contributed by atoms with Gasteiger partial charge in [0.1, 0.15) is 5.75 Å². The standard InChI is InChI=1S/C18H25F2N3O3/c1-3-25-16(24)13-8-10-23(11-9-13)18(21-2)22-12-14-6-4-5-7-15(14)26-17(19)20/h4-7,13,17H,3,8-12H2,1-2H3,(H,21,22). The van der Waals surface area contributed by atoms with Crippen molar-refractivity contribution < 1.29 is 23.0 Å². The largest absolute Gasteiger partial charge is 0.466 e. The predicted molar refractivity (Wildman–Crippen MR) is 94.2 cm³/mol. The van der Waals surface area contributed by atoms with Crippen molar-refractivity contribution in [2.75, 3.05) is 26.7 Å². The van der Waals surface area contributed by atoms with E-state index in [4.69, 9.17) is 4.74 Å². The van der Waals surface area contributed by atoms with Gasteiger partial charge in [-0.15, -0.1) is 0 Å². The fourth-order valence-corrected chi connectivity index (χ4v) is 2.95. The Morgan fingerprint density at radius 1 is 1.35 bits per heavy atom. The monoisotopic (exact) mass is 369 g/mol. The van der Waals surface area contributed by atoms with E-state index < -0.39 is 6.61 Å². The number of halogens is 2. The van der Waals surface area contributed by atoms with Gasteiger partial charge in [-0.05, 0) is 25.8 Å². The van der Waals surface area contributed by atoms with Crippen LogP contribution in [0.25, 0.3) is 0 Å². The Morgan fingerprint density at radius 2 is 2.04 bits per heavy atom. The highest BCUT2D eigenvalue weighted by molar-refractivity contribution is 5.80. The molecule has 6 nitrogen and oxygen atoms in total. The van der Waals surface area contributed by atoms with Gasteiger partial charge in [-0.25, -0.2) is 0 Å². The topological polar surface area (TPSA) is 63.2 Å². The van der Waals surface area contributed by atoms with Gasteiger partial charge in [0.25, 0.3) is 0 Å². The van der Waals surface area contributed by atoms with Gasteiger partial charge in [0.05, 0.1) is 12.5 Å². The van der Waals surface area contributed by atoms with Gasteiger partial charge < -0.3 is 19.7 Å². The number of hydrogen-bond donors (Lipinski definition) is 1. The molecule has 1 aliphatic heterocycles. The van der Waals surface area contributed by atoms with Crippen LogP contribution in [0.1, 0.15) is 25.3 Å². The van der Waals surface area contributed by atoms with E-state index in [2.05, 4.69) is 15.0 Å². The second kappa shape index (κ2) is 9.94. The van der Waals surface area contributed by atoms with Gasteiger partial charge >= 0.3 is 12.6 Å². The lowest BCUT2D eigenvalue weighted by Gasteiger charge is -2.33. The van der Waals surface area contributed by atoms with E-state index in [9.17, 15) is 13.6 Å². The van der Waals surface area contributed by atoms with E-state index >= 15 is 0 Å². The average Bonchev–Trinajstić information content (AvgIpc) is 2.64. The van der Waals surface area contributed by atoms with Crippen LogP contribution in [-0.4, -0.2) is 50.2 Å². The highest BCUT2D eigenvalue weighted by atomic mass is 19.3. The summed E-state index contributed by atoms with van der Waals surface area (Å²) >= 11 is 0. The van der Waals surface area contributed by atoms with Crippen LogP contribution in [0.2, 0.25) is 0 Å². The normalized spacial score (nSPS) is 15.9. The van der Waals surface area contributed by atoms with E-state index in [0.717, 1.165) is 0 Å². The number of carbonyl (C=O) groups is 1. The summed E-state index contributed by atoms with van der Waals surface area (Å²) in [7, 11) is 1.67. The lowest BCUT2D eigenvalue weighted by molar-refractivity contribution is -0.149. The molecular formula is C18H25F2N3O3. The number of nitrogens with zero attached hydrogens (tertiary/aromatic N) is 2. The molecule has 0 radical (unpaired) electrons. The first-order valence-electron chi connectivity index (χ1n) is 8.70. The summed E-state index contributed by atoms with van der Waals surface area (Å²) < 4.78 is 34.6. The SMILES string of the molecule is CCOC(=O)C1CCN(C(=NC)NCc2ccccc2OC(F)F)CC1. The van der Waals surface area contributed by atoms with Crippen LogP contribution < -0.4 is 10.1 Å². The maximum absolute atomic E-state index is 12.5. The molecule has 0 aromatic heterocycles. The number of esters is 1. The summed E-state index contributed by atoms with van der Waals surface area (Å²) in [6.45, 7) is 0.998. The number of nitrogens with one attached hydrogen (secondary N) is 1. The first kappa shape index (κ1) is 19.9. The van der Waals surface area contributed by atoms with E-state index in [1.165, 1.54) is 6.07 Å². The van der Waals surface area contributed by atoms with Gasteiger partial charge in [0.2, 0.25) is 0 Å². The Kier molecular flexibility index (Phi) is 7.62. The Morgan fingerprint density at radius 3 is 2.65 bits per heavy atom. The molecule has 2 rings (SSSR count). The van der Waals surface area contributed by atoms with Crippen molar-refractivity contribution in [1.82, 2.24) is 10.2 Å². The van der Waals surface area contributed by atoms with Crippen LogP contribution in [-0.2, 0) is 16.1 Å². The lowest BCUT2D eigenvalue weighted by atomic mass is 9.97. The Balaban J connectivity index is 1.90. The average molecular weight is 369 g/mol. The Bertz CT molecular complexity index is 617. The number of likely N-dealkylation sites (tertiary alicyclic amines) is 1. The number of rotatable bonds is 6. The van der Waals surface area contributed by atoms with Crippen LogP contribution in [0.5, 0.6) is 5.75 Å². The fraction of sp³-hybridized carbons (Fsp3) is 0.556. The molecule has 1 aromatic rings. The van der Waals surface area contributed by atoms with E-state index in [1.807, 2.05) is 4.90 Å². The van der Waals surface area contributed by atoms with Crippen LogP contribution >= 0.6 is 0 Å². The third-order valence-electron chi connectivity index (χ3n) is 4.25. The molecule has 1 N–H and O–H groups in total. The Labute approximate surface area is 152 Å². The van der Waals surface area contributed by atoms with Crippen LogP contribution in [0.3, 0.4) is 0 Å². The van der Waals surface area contributed by atoms with Gasteiger partial charge in [0.15, 0.2) is 5.96 Å². The van der Waals surface area contributed by atoms with Crippen LogP contribution in [0.15, 0.2) is 29.3 Å². The molecule has 0 saturated carbocycles.